The lowest BCUT2D eigenvalue weighted by Crippen LogP contribution is -2.40. The van der Waals surface area contributed by atoms with E-state index in [0.717, 1.165) is 54.9 Å². The molecule has 13 heteroatoms. The molecule has 5 aromatic carbocycles. The summed E-state index contributed by atoms with van der Waals surface area (Å²) in [5.41, 5.74) is 2.95. The van der Waals surface area contributed by atoms with E-state index in [1.54, 1.807) is 54.2 Å². The molecule has 0 saturated carbocycles. The molecular formula is C51H53ClN4O7S. The van der Waals surface area contributed by atoms with Crippen molar-refractivity contribution in [2.45, 2.75) is 55.5 Å². The number of nitrogens with zero attached hydrogens (tertiary/aromatic N) is 1. The molecule has 4 atom stereocenters. The van der Waals surface area contributed by atoms with Crippen LogP contribution in [-0.2, 0) is 28.2 Å². The molecule has 0 bridgehead atoms. The first-order valence-electron chi connectivity index (χ1n) is 21.7. The Labute approximate surface area is 381 Å². The van der Waals surface area contributed by atoms with Crippen LogP contribution in [0.1, 0.15) is 70.5 Å². The van der Waals surface area contributed by atoms with E-state index in [-0.39, 0.29) is 41.1 Å². The molecule has 11 nitrogen and oxygen atoms in total. The van der Waals surface area contributed by atoms with Gasteiger partial charge in [0.25, 0.3) is 0 Å². The van der Waals surface area contributed by atoms with Gasteiger partial charge in [0.15, 0.2) is 0 Å². The number of esters is 1. The van der Waals surface area contributed by atoms with Gasteiger partial charge in [-0.2, -0.15) is 0 Å². The zero-order chi connectivity index (χ0) is 44.6. The van der Waals surface area contributed by atoms with Crippen LogP contribution in [0.25, 0.3) is 15.8 Å². The van der Waals surface area contributed by atoms with E-state index in [1.807, 2.05) is 48.5 Å². The van der Waals surface area contributed by atoms with Crippen LogP contribution in [0.2, 0.25) is 5.02 Å². The average Bonchev–Trinajstić information content (AvgIpc) is 3.80. The molecular weight excluding hydrogens is 848 g/mol. The molecule has 8 rings (SSSR count). The highest BCUT2D eigenvalue weighted by Crippen LogP contribution is 2.41. The summed E-state index contributed by atoms with van der Waals surface area (Å²) < 4.78 is 5.96. The van der Waals surface area contributed by atoms with Gasteiger partial charge in [-0.15, -0.1) is 11.8 Å². The fourth-order valence-electron chi connectivity index (χ4n) is 8.52. The van der Waals surface area contributed by atoms with Crippen molar-refractivity contribution in [1.82, 2.24) is 20.5 Å². The van der Waals surface area contributed by atoms with Gasteiger partial charge in [-0.25, -0.2) is 4.79 Å². The Bertz CT molecular complexity index is 2640. The number of aromatic amines is 1. The number of halogens is 1. The number of hydrogen-bond acceptors (Lipinski definition) is 11. The number of hydrogen-bond donors (Lipinski definition) is 7. The predicted molar refractivity (Wildman–Crippen MR) is 253 cm³/mol. The number of thioether (sulfide) groups is 1. The predicted octanol–water partition coefficient (Wildman–Crippen LogP) is 7.53. The molecule has 3 heterocycles. The van der Waals surface area contributed by atoms with Crippen molar-refractivity contribution in [3.05, 3.63) is 188 Å². The molecule has 64 heavy (non-hydrogen) atoms. The number of piperidine rings is 1. The summed E-state index contributed by atoms with van der Waals surface area (Å²) in [7, 11) is 0. The zero-order valence-electron chi connectivity index (χ0n) is 35.3. The highest BCUT2D eigenvalue weighted by Gasteiger charge is 2.42. The van der Waals surface area contributed by atoms with E-state index in [0.29, 0.717) is 45.8 Å². The Balaban J connectivity index is 0.833. The van der Waals surface area contributed by atoms with Crippen molar-refractivity contribution in [2.24, 2.45) is 5.92 Å². The van der Waals surface area contributed by atoms with Crippen molar-refractivity contribution in [3.8, 4) is 5.75 Å². The number of aliphatic hydroxyl groups is 3. The number of phenolic OH excluding ortho intramolecular Hbond substituents is 1. The lowest BCUT2D eigenvalue weighted by Gasteiger charge is -2.33. The number of likely N-dealkylation sites (tertiary alicyclic amines) is 1. The van der Waals surface area contributed by atoms with Gasteiger partial charge in [-0.05, 0) is 90.4 Å². The molecule has 1 aromatic heterocycles. The minimum Gasteiger partial charge on any atom is -0.506 e. The van der Waals surface area contributed by atoms with Gasteiger partial charge in [0.2, 0.25) is 11.2 Å². The van der Waals surface area contributed by atoms with Gasteiger partial charge < -0.3 is 35.5 Å². The number of aromatic nitrogens is 1. The first-order valence-corrected chi connectivity index (χ1v) is 22.9. The van der Waals surface area contributed by atoms with Gasteiger partial charge >= 0.3 is 5.97 Å². The summed E-state index contributed by atoms with van der Waals surface area (Å²) in [4.78, 5) is 31.8. The van der Waals surface area contributed by atoms with Crippen LogP contribution in [0.3, 0.4) is 0 Å². The smallest absolute Gasteiger partial charge is 0.347 e. The average molecular weight is 902 g/mol. The van der Waals surface area contributed by atoms with Crippen molar-refractivity contribution in [2.75, 3.05) is 32.8 Å². The number of benzene rings is 5. The van der Waals surface area contributed by atoms with Crippen LogP contribution in [0.5, 0.6) is 5.75 Å². The van der Waals surface area contributed by atoms with Crippen LogP contribution in [0.15, 0.2) is 138 Å². The van der Waals surface area contributed by atoms with Crippen LogP contribution in [-0.4, -0.2) is 74.3 Å². The number of carbonyl (C=O) groups is 1. The van der Waals surface area contributed by atoms with E-state index in [4.69, 9.17) is 16.3 Å². The quantitative estimate of drug-likeness (QED) is 0.0357. The number of aliphatic hydroxyl groups excluding tert-OH is 2. The van der Waals surface area contributed by atoms with Gasteiger partial charge in [-0.3, -0.25) is 15.0 Å². The monoisotopic (exact) mass is 900 g/mol. The lowest BCUT2D eigenvalue weighted by molar-refractivity contribution is -0.164. The first-order chi connectivity index (χ1) is 31.0. The standard InChI is InChI=1S/C51H53ClN4O7S/c52-43-26-35(28-53-30-45(58)40-17-19-44(57)48-41(40)18-21-47(59)55-48)14-16-42(43)49(60)54-29-39-15-20-46(64-39)36-10-7-13-38(27-36)51(62,37-11-5-2-6-12-37)50(61)63-32-34-22-24-56(25-23-34)31-33-8-3-1-4-9-33/h1-14,16-21,26-27,34,39,45,49,53-54,57-58,60,62H,15,22-25,28-32H2,(H,55,59)/t39?,45-,49?,51-/m0/s1. The number of carbonyl (C=O) groups excluding carboxylic acids is 1. The molecule has 1 saturated heterocycles. The number of ether oxygens (including phenoxy) is 1. The van der Waals surface area contributed by atoms with Crippen molar-refractivity contribution >= 4 is 45.1 Å². The molecule has 0 amide bonds. The third kappa shape index (κ3) is 10.6. The van der Waals surface area contributed by atoms with Gasteiger partial charge in [0.1, 0.15) is 12.0 Å². The van der Waals surface area contributed by atoms with E-state index in [9.17, 15) is 30.0 Å². The number of nitrogens with one attached hydrogen (secondary N) is 3. The molecule has 332 valence electrons. The largest absolute Gasteiger partial charge is 0.506 e. The normalized spacial score (nSPS) is 17.8. The summed E-state index contributed by atoms with van der Waals surface area (Å²) >= 11 is 8.33. The molecule has 2 aliphatic heterocycles. The van der Waals surface area contributed by atoms with Crippen LogP contribution in [0, 0.1) is 5.92 Å². The summed E-state index contributed by atoms with van der Waals surface area (Å²) in [5, 5.41) is 52.1. The minimum atomic E-state index is -2.00. The molecule has 0 spiro atoms. The second-order valence-electron chi connectivity index (χ2n) is 16.6. The number of rotatable bonds is 17. The fraction of sp³-hybridized carbons (Fsp3) is 0.294. The zero-order valence-corrected chi connectivity index (χ0v) is 36.9. The fourth-order valence-corrected chi connectivity index (χ4v) is 10.0. The maximum absolute atomic E-state index is 14.0. The van der Waals surface area contributed by atoms with Crippen molar-refractivity contribution < 1.29 is 30.0 Å². The first kappa shape index (κ1) is 45.3. The molecule has 1 fully saturated rings. The number of pyridine rings is 1. The minimum absolute atomic E-state index is 0.0694. The second kappa shape index (κ2) is 20.7. The maximum atomic E-state index is 14.0. The highest BCUT2D eigenvalue weighted by atomic mass is 35.5. The van der Waals surface area contributed by atoms with Gasteiger partial charge in [0.05, 0.1) is 18.2 Å². The number of allylic oxidation sites excluding steroid dienone is 1. The van der Waals surface area contributed by atoms with Crippen LogP contribution >= 0.6 is 23.4 Å². The number of phenols is 1. The van der Waals surface area contributed by atoms with Gasteiger partial charge in [0, 0.05) is 63.9 Å². The Morgan fingerprint density at radius 2 is 1.61 bits per heavy atom. The molecule has 2 aliphatic rings. The maximum Gasteiger partial charge on any atom is 0.347 e. The van der Waals surface area contributed by atoms with Crippen LogP contribution in [0.4, 0.5) is 0 Å². The van der Waals surface area contributed by atoms with E-state index >= 15 is 0 Å². The summed E-state index contributed by atoms with van der Waals surface area (Å²) in [5.74, 6) is -0.541. The van der Waals surface area contributed by atoms with E-state index < -0.39 is 23.9 Å². The van der Waals surface area contributed by atoms with Crippen molar-refractivity contribution in [1.29, 1.82) is 0 Å². The Morgan fingerprint density at radius 3 is 2.38 bits per heavy atom. The number of aromatic hydroxyl groups is 1. The molecule has 7 N–H and O–H groups in total. The van der Waals surface area contributed by atoms with E-state index in [1.165, 1.54) is 17.7 Å². The highest BCUT2D eigenvalue weighted by molar-refractivity contribution is 8.09. The molecule has 0 radical (unpaired) electrons. The van der Waals surface area contributed by atoms with Crippen LogP contribution < -0.4 is 16.2 Å². The summed E-state index contributed by atoms with van der Waals surface area (Å²) in [6, 6.07) is 38.3. The summed E-state index contributed by atoms with van der Waals surface area (Å²) in [6.45, 7) is 4.10. The molecule has 0 aliphatic carbocycles. The summed E-state index contributed by atoms with van der Waals surface area (Å²) in [6.07, 6.45) is 2.81. The number of fused-ring (bicyclic) bond motifs is 1. The second-order valence-corrected chi connectivity index (χ2v) is 18.4. The Morgan fingerprint density at radius 1 is 0.875 bits per heavy atom. The molecule has 6 aromatic rings. The third-order valence-electron chi connectivity index (χ3n) is 12.1. The van der Waals surface area contributed by atoms with E-state index in [2.05, 4.69) is 50.9 Å². The number of H-pyrrole nitrogens is 1. The topological polar surface area (TPSA) is 167 Å². The van der Waals surface area contributed by atoms with Gasteiger partial charge in [-0.1, -0.05) is 115 Å². The Hall–Kier alpha value is -5.28. The Kier molecular flexibility index (Phi) is 14.6. The van der Waals surface area contributed by atoms with Crippen molar-refractivity contribution in [3.63, 3.8) is 0 Å². The lowest BCUT2D eigenvalue weighted by atomic mass is 9.85. The third-order valence-corrected chi connectivity index (χ3v) is 13.8. The molecule has 2 unspecified atom stereocenters. The SMILES string of the molecule is O=C(OCC1CCN(Cc2ccccc2)CC1)[C@](O)(c1ccccc1)c1cccc(C2=CCC(CNC(O)c3ccc(CNC[C@H](O)c4ccc(O)c5[nH]c(=O)ccc45)cc3Cl)S2)c1.